The van der Waals surface area contributed by atoms with E-state index in [0.717, 1.165) is 11.6 Å². The second kappa shape index (κ2) is 11.5. The second-order valence-electron chi connectivity index (χ2n) is 7.00. The molecule has 0 heterocycles. The number of nitrogens with zero attached hydrogens (tertiary/aromatic N) is 1. The molecule has 0 aliphatic heterocycles. The van der Waals surface area contributed by atoms with Gasteiger partial charge in [0.1, 0.15) is 12.4 Å². The van der Waals surface area contributed by atoms with Crippen molar-refractivity contribution in [1.82, 2.24) is 5.43 Å². The third kappa shape index (κ3) is 6.69. The Balaban J connectivity index is 1.62. The van der Waals surface area contributed by atoms with Gasteiger partial charge in [-0.3, -0.25) is 9.59 Å². The molecular formula is C24H20Cl2FN3O4. The van der Waals surface area contributed by atoms with Crippen molar-refractivity contribution in [2.45, 2.75) is 13.5 Å². The lowest BCUT2D eigenvalue weighted by Gasteiger charge is -2.12. The highest BCUT2D eigenvalue weighted by molar-refractivity contribution is 6.40. The fraction of sp³-hybridized carbons (Fsp3) is 0.125. The molecule has 3 aromatic carbocycles. The molecule has 2 amide bonds. The number of hydrogen-bond donors (Lipinski definition) is 2. The summed E-state index contributed by atoms with van der Waals surface area (Å²) in [7, 11) is 1.51. The van der Waals surface area contributed by atoms with Crippen molar-refractivity contribution in [3.8, 4) is 11.5 Å². The summed E-state index contributed by atoms with van der Waals surface area (Å²) < 4.78 is 24.4. The van der Waals surface area contributed by atoms with Gasteiger partial charge in [0.25, 0.3) is 0 Å². The number of anilines is 1. The molecule has 0 fully saturated rings. The maximum atomic E-state index is 13.2. The number of nitrogens with one attached hydrogen (secondary N) is 2. The van der Waals surface area contributed by atoms with Gasteiger partial charge in [0.05, 0.1) is 17.8 Å². The lowest BCUT2D eigenvalue weighted by Crippen LogP contribution is -2.32. The van der Waals surface area contributed by atoms with Crippen LogP contribution in [0.3, 0.4) is 0 Å². The molecule has 0 unspecified atom stereocenters. The molecule has 10 heteroatoms. The number of methoxy groups -OCH3 is 1. The predicted octanol–water partition coefficient (Wildman–Crippen LogP) is 5.20. The van der Waals surface area contributed by atoms with Gasteiger partial charge in [-0.25, -0.2) is 9.82 Å². The largest absolute Gasteiger partial charge is 0.493 e. The van der Waals surface area contributed by atoms with E-state index in [-0.39, 0.29) is 10.7 Å². The van der Waals surface area contributed by atoms with E-state index in [1.807, 2.05) is 12.1 Å². The fourth-order valence-electron chi connectivity index (χ4n) is 2.77. The van der Waals surface area contributed by atoms with Crippen LogP contribution in [0.25, 0.3) is 0 Å². The number of ether oxygens (including phenoxy) is 2. The Labute approximate surface area is 205 Å². The molecule has 7 nitrogen and oxygen atoms in total. The average Bonchev–Trinajstić information content (AvgIpc) is 2.84. The van der Waals surface area contributed by atoms with Crippen molar-refractivity contribution >= 4 is 46.4 Å². The van der Waals surface area contributed by atoms with Gasteiger partial charge < -0.3 is 14.8 Å². The van der Waals surface area contributed by atoms with Gasteiger partial charge in [-0.15, -0.1) is 0 Å². The van der Waals surface area contributed by atoms with Crippen LogP contribution in [0.15, 0.2) is 65.8 Å². The van der Waals surface area contributed by atoms with Crippen LogP contribution in [0.2, 0.25) is 10.0 Å². The first-order valence-electron chi connectivity index (χ1n) is 9.93. The lowest BCUT2D eigenvalue weighted by atomic mass is 10.1. The molecule has 176 valence electrons. The minimum Gasteiger partial charge on any atom is -0.493 e. The maximum Gasteiger partial charge on any atom is 0.329 e. The third-order valence-electron chi connectivity index (χ3n) is 4.60. The number of halogens is 3. The van der Waals surface area contributed by atoms with Crippen LogP contribution in [-0.2, 0) is 16.2 Å². The number of carbonyl (C=O) groups excluding carboxylic acids is 2. The average molecular weight is 504 g/mol. The molecule has 0 saturated carbocycles. The molecule has 0 aliphatic rings. The van der Waals surface area contributed by atoms with Crippen molar-refractivity contribution in [1.29, 1.82) is 0 Å². The lowest BCUT2D eigenvalue weighted by molar-refractivity contribution is -0.136. The third-order valence-corrected chi connectivity index (χ3v) is 5.14. The molecule has 0 radical (unpaired) electrons. The Bertz CT molecular complexity index is 1230. The van der Waals surface area contributed by atoms with Gasteiger partial charge in [0.15, 0.2) is 11.5 Å². The van der Waals surface area contributed by atoms with E-state index in [1.165, 1.54) is 19.2 Å². The van der Waals surface area contributed by atoms with E-state index in [9.17, 15) is 14.0 Å². The SMILES string of the molecule is COc1cc(/C(C)=N/NC(=O)C(=O)Nc2ccc(F)c(Cl)c2)ccc1OCc1ccc(Cl)cc1. The Morgan fingerprint density at radius 1 is 0.971 bits per heavy atom. The molecule has 0 saturated heterocycles. The smallest absolute Gasteiger partial charge is 0.329 e. The summed E-state index contributed by atoms with van der Waals surface area (Å²) >= 11 is 11.6. The van der Waals surface area contributed by atoms with Crippen LogP contribution in [0.5, 0.6) is 11.5 Å². The summed E-state index contributed by atoms with van der Waals surface area (Å²) in [6, 6.07) is 16.0. The molecule has 3 rings (SSSR count). The molecule has 0 spiro atoms. The van der Waals surface area contributed by atoms with Crippen LogP contribution < -0.4 is 20.2 Å². The van der Waals surface area contributed by atoms with Gasteiger partial charge in [-0.2, -0.15) is 5.10 Å². The minimum absolute atomic E-state index is 0.172. The Morgan fingerprint density at radius 2 is 1.71 bits per heavy atom. The molecular weight excluding hydrogens is 484 g/mol. The number of benzene rings is 3. The highest BCUT2D eigenvalue weighted by Gasteiger charge is 2.15. The van der Waals surface area contributed by atoms with Crippen molar-refractivity contribution in [3.63, 3.8) is 0 Å². The normalized spacial score (nSPS) is 11.0. The van der Waals surface area contributed by atoms with Crippen LogP contribution in [0.4, 0.5) is 10.1 Å². The summed E-state index contributed by atoms with van der Waals surface area (Å²) in [6.45, 7) is 1.98. The number of rotatable bonds is 7. The number of hydrogen-bond acceptors (Lipinski definition) is 5. The molecule has 0 bridgehead atoms. The molecule has 34 heavy (non-hydrogen) atoms. The monoisotopic (exact) mass is 503 g/mol. The highest BCUT2D eigenvalue weighted by atomic mass is 35.5. The van der Waals surface area contributed by atoms with E-state index >= 15 is 0 Å². The Hall–Kier alpha value is -3.62. The van der Waals surface area contributed by atoms with Crippen molar-refractivity contribution < 1.29 is 23.5 Å². The minimum atomic E-state index is -1.00. The van der Waals surface area contributed by atoms with Gasteiger partial charge in [0.2, 0.25) is 0 Å². The van der Waals surface area contributed by atoms with Crippen LogP contribution in [0.1, 0.15) is 18.1 Å². The first kappa shape index (κ1) is 25.0. The van der Waals surface area contributed by atoms with E-state index in [1.54, 1.807) is 37.3 Å². The first-order valence-corrected chi connectivity index (χ1v) is 10.7. The van der Waals surface area contributed by atoms with E-state index in [0.29, 0.717) is 34.4 Å². The van der Waals surface area contributed by atoms with Gasteiger partial charge >= 0.3 is 11.8 Å². The first-order chi connectivity index (χ1) is 16.3. The summed E-state index contributed by atoms with van der Waals surface area (Å²) in [5.41, 5.74) is 4.36. The van der Waals surface area contributed by atoms with Gasteiger partial charge in [-0.1, -0.05) is 35.3 Å². The molecule has 0 aliphatic carbocycles. The maximum absolute atomic E-state index is 13.2. The van der Waals surface area contributed by atoms with Crippen LogP contribution in [0, 0.1) is 5.82 Å². The molecule has 3 aromatic rings. The van der Waals surface area contributed by atoms with E-state index in [4.69, 9.17) is 32.7 Å². The Morgan fingerprint density at radius 3 is 2.38 bits per heavy atom. The van der Waals surface area contributed by atoms with E-state index in [2.05, 4.69) is 15.8 Å². The number of amides is 2. The van der Waals surface area contributed by atoms with Crippen LogP contribution in [-0.4, -0.2) is 24.6 Å². The predicted molar refractivity (Wildman–Crippen MR) is 129 cm³/mol. The summed E-state index contributed by atoms with van der Waals surface area (Å²) in [5.74, 6) is -1.63. The zero-order valence-corrected chi connectivity index (χ0v) is 19.7. The number of carbonyl (C=O) groups is 2. The number of hydrazone groups is 1. The van der Waals surface area contributed by atoms with Crippen molar-refractivity contribution in [2.75, 3.05) is 12.4 Å². The molecule has 0 aromatic heterocycles. The standard InChI is InChI=1S/C24H20Cl2FN3O4/c1-14(29-30-24(32)23(31)28-18-8-9-20(27)19(26)12-18)16-5-10-21(22(11-16)33-2)34-13-15-3-6-17(25)7-4-15/h3-12H,13H2,1-2H3,(H,28,31)(H,30,32)/b29-14+. The topological polar surface area (TPSA) is 89.0 Å². The van der Waals surface area contributed by atoms with Crippen molar-refractivity contribution in [3.05, 3.63) is 87.7 Å². The summed E-state index contributed by atoms with van der Waals surface area (Å²) in [5, 5.41) is 6.74. The Kier molecular flexibility index (Phi) is 8.45. The zero-order chi connectivity index (χ0) is 24.7. The van der Waals surface area contributed by atoms with Gasteiger partial charge in [0, 0.05) is 16.3 Å². The highest BCUT2D eigenvalue weighted by Crippen LogP contribution is 2.29. The quantitative estimate of drug-likeness (QED) is 0.263. The van der Waals surface area contributed by atoms with E-state index < -0.39 is 17.6 Å². The molecule has 2 N–H and O–H groups in total. The summed E-state index contributed by atoms with van der Waals surface area (Å²) in [4.78, 5) is 24.1. The fourth-order valence-corrected chi connectivity index (χ4v) is 3.07. The van der Waals surface area contributed by atoms with Crippen LogP contribution >= 0.6 is 23.2 Å². The van der Waals surface area contributed by atoms with Gasteiger partial charge in [-0.05, 0) is 61.0 Å². The molecule has 0 atom stereocenters. The summed E-state index contributed by atoms with van der Waals surface area (Å²) in [6.07, 6.45) is 0. The van der Waals surface area contributed by atoms with Crippen molar-refractivity contribution in [2.24, 2.45) is 5.10 Å². The zero-order valence-electron chi connectivity index (χ0n) is 18.2. The second-order valence-corrected chi connectivity index (χ2v) is 7.85.